The van der Waals surface area contributed by atoms with E-state index in [4.69, 9.17) is 0 Å². The number of nitrogens with one attached hydrogen (secondary N) is 1. The predicted molar refractivity (Wildman–Crippen MR) is 115 cm³/mol. The quantitative estimate of drug-likeness (QED) is 0.684. The topological polar surface area (TPSA) is 46.9 Å². The van der Waals surface area contributed by atoms with Crippen molar-refractivity contribution in [1.29, 1.82) is 0 Å². The van der Waals surface area contributed by atoms with Gasteiger partial charge in [0, 0.05) is 23.5 Å². The molecule has 4 nitrogen and oxygen atoms in total. The second kappa shape index (κ2) is 8.00. The molecule has 0 saturated heterocycles. The van der Waals surface area contributed by atoms with Crippen LogP contribution < -0.4 is 10.9 Å². The Morgan fingerprint density at radius 3 is 2.90 bits per heavy atom. The van der Waals surface area contributed by atoms with E-state index in [1.807, 2.05) is 6.07 Å². The number of fused-ring (bicyclic) bond motifs is 3. The molecule has 2 aromatic heterocycles. The van der Waals surface area contributed by atoms with Gasteiger partial charge in [0.15, 0.2) is 0 Å². The first kappa shape index (κ1) is 18.9. The smallest absolute Gasteiger partial charge is 0.262 e. The van der Waals surface area contributed by atoms with Gasteiger partial charge in [0.1, 0.15) is 10.6 Å². The Morgan fingerprint density at radius 2 is 2.07 bits per heavy atom. The fourth-order valence-electron chi connectivity index (χ4n) is 4.87. The van der Waals surface area contributed by atoms with Crippen LogP contribution in [0.1, 0.15) is 48.1 Å². The Labute approximate surface area is 173 Å². The fraction of sp³-hybridized carbons (Fsp3) is 0.478. The number of nitrogens with zero attached hydrogens (tertiary/aromatic N) is 2. The molecule has 1 aromatic carbocycles. The predicted octanol–water partition coefficient (Wildman–Crippen LogP) is 4.23. The summed E-state index contributed by atoms with van der Waals surface area (Å²) in [4.78, 5) is 19.9. The van der Waals surface area contributed by atoms with E-state index in [0.29, 0.717) is 25.0 Å². The minimum atomic E-state index is -0.240. The summed E-state index contributed by atoms with van der Waals surface area (Å²) in [6.45, 7) is 0.516. The Hall–Kier alpha value is -2.05. The monoisotopic (exact) mass is 411 g/mol. The summed E-state index contributed by atoms with van der Waals surface area (Å²) >= 11 is 1.69. The van der Waals surface area contributed by atoms with E-state index >= 15 is 0 Å². The van der Waals surface area contributed by atoms with E-state index in [1.165, 1.54) is 48.3 Å². The van der Waals surface area contributed by atoms with E-state index in [0.717, 1.165) is 35.0 Å². The molecule has 5 rings (SSSR count). The molecule has 0 amide bonds. The first-order valence-corrected chi connectivity index (χ1v) is 11.5. The number of halogens is 1. The highest BCUT2D eigenvalue weighted by atomic mass is 32.1. The lowest BCUT2D eigenvalue weighted by atomic mass is 9.92. The lowest BCUT2D eigenvalue weighted by Gasteiger charge is -2.26. The highest BCUT2D eigenvalue weighted by Crippen LogP contribution is 2.34. The molecule has 0 spiro atoms. The number of hydrogen-bond donors (Lipinski definition) is 1. The normalized spacial score (nSPS) is 19.7. The molecule has 152 valence electrons. The van der Waals surface area contributed by atoms with Gasteiger partial charge in [-0.2, -0.15) is 0 Å². The van der Waals surface area contributed by atoms with Gasteiger partial charge < -0.3 is 5.32 Å². The van der Waals surface area contributed by atoms with E-state index in [1.54, 1.807) is 28.3 Å². The van der Waals surface area contributed by atoms with Crippen molar-refractivity contribution in [3.63, 3.8) is 0 Å². The molecule has 2 aliphatic rings. The van der Waals surface area contributed by atoms with Crippen LogP contribution in [0.5, 0.6) is 0 Å². The number of hydrogen-bond acceptors (Lipinski definition) is 4. The third kappa shape index (κ3) is 3.88. The Kier molecular flexibility index (Phi) is 5.22. The summed E-state index contributed by atoms with van der Waals surface area (Å²) in [5.41, 5.74) is 2.16. The molecule has 6 heteroatoms. The van der Waals surface area contributed by atoms with Crippen molar-refractivity contribution in [3.8, 4) is 0 Å². The number of thiophene rings is 1. The summed E-state index contributed by atoms with van der Waals surface area (Å²) in [6, 6.07) is 7.77. The lowest BCUT2D eigenvalue weighted by molar-refractivity contribution is 0.399. The van der Waals surface area contributed by atoms with Crippen LogP contribution >= 0.6 is 11.3 Å². The summed E-state index contributed by atoms with van der Waals surface area (Å²) in [7, 11) is 0. The molecule has 1 fully saturated rings. The molecular formula is C23H26FN3OS. The van der Waals surface area contributed by atoms with Gasteiger partial charge in [0.2, 0.25) is 0 Å². The zero-order valence-electron chi connectivity index (χ0n) is 16.5. The minimum absolute atomic E-state index is 0.0473. The molecule has 1 N–H and O–H groups in total. The second-order valence-electron chi connectivity index (χ2n) is 8.39. The first-order valence-electron chi connectivity index (χ1n) is 10.7. The Balaban J connectivity index is 1.36. The van der Waals surface area contributed by atoms with Gasteiger partial charge in [-0.05, 0) is 61.8 Å². The van der Waals surface area contributed by atoms with E-state index in [9.17, 15) is 9.18 Å². The standard InChI is InChI=1S/C23H26FN3OS/c24-16-5-3-4-15(12-16)10-11-27-14-25-22-21(23(27)28)19-9-8-18(13-20(19)29-22)26-17-6-1-2-7-17/h3-5,12,14,17-18,26H,1-2,6-11,13H2. The average molecular weight is 412 g/mol. The SMILES string of the molecule is O=c1c2c3c(sc2ncn1CCc1cccc(F)c1)CC(NC1CCCC1)CC3. The summed E-state index contributed by atoms with van der Waals surface area (Å²) in [6.07, 6.45) is 10.6. The maximum absolute atomic E-state index is 13.4. The van der Waals surface area contributed by atoms with Crippen molar-refractivity contribution in [3.05, 3.63) is 62.8 Å². The van der Waals surface area contributed by atoms with Gasteiger partial charge in [-0.15, -0.1) is 11.3 Å². The first-order chi connectivity index (χ1) is 14.2. The highest BCUT2D eigenvalue weighted by Gasteiger charge is 2.27. The van der Waals surface area contributed by atoms with Crippen molar-refractivity contribution in [2.75, 3.05) is 0 Å². The van der Waals surface area contributed by atoms with Gasteiger partial charge in [-0.3, -0.25) is 9.36 Å². The second-order valence-corrected chi connectivity index (χ2v) is 9.48. The number of rotatable bonds is 5. The van der Waals surface area contributed by atoms with Crippen LogP contribution in [-0.2, 0) is 25.8 Å². The van der Waals surface area contributed by atoms with Gasteiger partial charge in [-0.25, -0.2) is 9.37 Å². The van der Waals surface area contributed by atoms with Crippen molar-refractivity contribution < 1.29 is 4.39 Å². The van der Waals surface area contributed by atoms with Crippen LogP contribution in [0.25, 0.3) is 10.2 Å². The van der Waals surface area contributed by atoms with Crippen molar-refractivity contribution in [2.45, 2.75) is 70.0 Å². The zero-order valence-corrected chi connectivity index (χ0v) is 17.3. The molecule has 1 unspecified atom stereocenters. The molecule has 2 heterocycles. The molecular weight excluding hydrogens is 385 g/mol. The van der Waals surface area contributed by atoms with Crippen LogP contribution in [0.3, 0.4) is 0 Å². The summed E-state index contributed by atoms with van der Waals surface area (Å²) < 4.78 is 15.1. The van der Waals surface area contributed by atoms with Crippen molar-refractivity contribution in [1.82, 2.24) is 14.9 Å². The maximum atomic E-state index is 13.4. The third-order valence-corrected chi connectivity index (χ3v) is 7.56. The number of benzene rings is 1. The van der Waals surface area contributed by atoms with Crippen LogP contribution in [-0.4, -0.2) is 21.6 Å². The van der Waals surface area contributed by atoms with Crippen LogP contribution in [0.2, 0.25) is 0 Å². The summed E-state index contributed by atoms with van der Waals surface area (Å²) in [5.74, 6) is -0.240. The van der Waals surface area contributed by atoms with Gasteiger partial charge >= 0.3 is 0 Å². The largest absolute Gasteiger partial charge is 0.311 e. The van der Waals surface area contributed by atoms with Crippen molar-refractivity contribution in [2.24, 2.45) is 0 Å². The Morgan fingerprint density at radius 1 is 1.21 bits per heavy atom. The van der Waals surface area contributed by atoms with Crippen LogP contribution in [0.4, 0.5) is 4.39 Å². The highest BCUT2D eigenvalue weighted by molar-refractivity contribution is 7.18. The van der Waals surface area contributed by atoms with E-state index in [-0.39, 0.29) is 11.4 Å². The maximum Gasteiger partial charge on any atom is 0.262 e. The Bertz CT molecular complexity index is 1080. The third-order valence-electron chi connectivity index (χ3n) is 6.39. The molecule has 0 aliphatic heterocycles. The molecule has 1 atom stereocenters. The fourth-order valence-corrected chi connectivity index (χ4v) is 6.13. The van der Waals surface area contributed by atoms with Gasteiger partial charge in [-0.1, -0.05) is 25.0 Å². The molecule has 1 saturated carbocycles. The lowest BCUT2D eigenvalue weighted by Crippen LogP contribution is -2.40. The molecule has 2 aliphatic carbocycles. The molecule has 3 aromatic rings. The van der Waals surface area contributed by atoms with Gasteiger partial charge in [0.05, 0.1) is 11.7 Å². The number of aryl methyl sites for hydroxylation is 3. The van der Waals surface area contributed by atoms with Gasteiger partial charge in [0.25, 0.3) is 5.56 Å². The van der Waals surface area contributed by atoms with Crippen LogP contribution in [0.15, 0.2) is 35.4 Å². The van der Waals surface area contributed by atoms with Crippen LogP contribution in [0, 0.1) is 5.82 Å². The average Bonchev–Trinajstić information content (AvgIpc) is 3.35. The molecule has 0 radical (unpaired) electrons. The summed E-state index contributed by atoms with van der Waals surface area (Å²) in [5, 5.41) is 4.66. The van der Waals surface area contributed by atoms with E-state index < -0.39 is 0 Å². The molecule has 0 bridgehead atoms. The van der Waals surface area contributed by atoms with Crippen molar-refractivity contribution >= 4 is 21.6 Å². The van der Waals surface area contributed by atoms with E-state index in [2.05, 4.69) is 10.3 Å². The zero-order chi connectivity index (χ0) is 19.8. The molecule has 29 heavy (non-hydrogen) atoms. The minimum Gasteiger partial charge on any atom is -0.311 e. The number of aromatic nitrogens is 2.